The van der Waals surface area contributed by atoms with E-state index < -0.39 is 21.9 Å². The molecule has 0 saturated heterocycles. The van der Waals surface area contributed by atoms with Crippen LogP contribution in [0.1, 0.15) is 115 Å². The molecule has 5 rings (SSSR count). The summed E-state index contributed by atoms with van der Waals surface area (Å²) in [4.78, 5) is 27.2. The summed E-state index contributed by atoms with van der Waals surface area (Å²) in [6.45, 7) is 9.86. The maximum Gasteiger partial charge on any atom is 0.354 e. The molecule has 0 aliphatic heterocycles. The predicted molar refractivity (Wildman–Crippen MR) is 154 cm³/mol. The first kappa shape index (κ1) is 29.5. The molecular formula is C32H48N2O5S. The summed E-state index contributed by atoms with van der Waals surface area (Å²) in [5.74, 6) is 3.39. The van der Waals surface area contributed by atoms with E-state index in [1.165, 1.54) is 64.2 Å². The number of carboxylic acids is 1. The fourth-order valence-electron chi connectivity index (χ4n) is 10.5. The maximum absolute atomic E-state index is 12.7. The summed E-state index contributed by atoms with van der Waals surface area (Å²) in [5.41, 5.74) is 0.569. The van der Waals surface area contributed by atoms with Crippen LogP contribution in [-0.2, 0) is 14.8 Å². The van der Waals surface area contributed by atoms with Gasteiger partial charge in [-0.05, 0) is 116 Å². The highest BCUT2D eigenvalue weighted by atomic mass is 32.2. The van der Waals surface area contributed by atoms with E-state index in [9.17, 15) is 18.0 Å². The van der Waals surface area contributed by atoms with Crippen molar-refractivity contribution in [2.45, 2.75) is 110 Å². The Morgan fingerprint density at radius 3 is 2.48 bits per heavy atom. The van der Waals surface area contributed by atoms with Crippen LogP contribution in [0.2, 0.25) is 0 Å². The van der Waals surface area contributed by atoms with Gasteiger partial charge >= 0.3 is 5.97 Å². The number of aromatic carboxylic acids is 1. The van der Waals surface area contributed by atoms with Gasteiger partial charge in [-0.2, -0.15) is 0 Å². The van der Waals surface area contributed by atoms with E-state index >= 15 is 0 Å². The molecule has 1 heterocycles. The number of carbonyl (C=O) groups is 2. The van der Waals surface area contributed by atoms with Gasteiger partial charge in [-0.25, -0.2) is 22.9 Å². The van der Waals surface area contributed by atoms with Crippen molar-refractivity contribution in [1.82, 2.24) is 9.71 Å². The zero-order chi connectivity index (χ0) is 28.9. The van der Waals surface area contributed by atoms with Crippen molar-refractivity contribution in [3.05, 3.63) is 24.0 Å². The fraction of sp³-hybridized carbons (Fsp3) is 0.781. The molecule has 2 N–H and O–H groups in total. The molecule has 0 bridgehead atoms. The second-order valence-corrected chi connectivity index (χ2v) is 15.8. The summed E-state index contributed by atoms with van der Waals surface area (Å²) in [6.07, 6.45) is 15.3. The fourth-order valence-corrected chi connectivity index (χ4v) is 11.4. The molecule has 9 atom stereocenters. The zero-order valence-electron chi connectivity index (χ0n) is 24.7. The third kappa shape index (κ3) is 5.11. The molecule has 0 radical (unpaired) electrons. The number of aromatic nitrogens is 1. The standard InChI is InChI=1S/C32H48N2O5S/c1-5-21-18-23-26-12-11-24(32(26,4)17-15-27(23)31(3)16-7-6-8-25(21)31)20(2)9-14-29(35)34-40(38,39)22-10-13-28(30(36)37)33-19-22/h10,13,19-21,23-27H,5-9,11-12,14-18H2,1-4H3,(H,34,35)(H,36,37)/t20-,21+,23?,24-,25+,26?,27?,31+,32-/m1/s1. The Balaban J connectivity index is 1.22. The van der Waals surface area contributed by atoms with Crippen molar-refractivity contribution in [2.24, 2.45) is 52.3 Å². The number of carbonyl (C=O) groups excluding carboxylic acids is 1. The molecule has 4 aliphatic carbocycles. The van der Waals surface area contributed by atoms with Crippen molar-refractivity contribution in [2.75, 3.05) is 0 Å². The SMILES string of the molecule is CC[C@H]1CC2C3CC[C@H]([C@H](C)CCC(=O)NS(=O)(=O)c4ccc(C(=O)O)nc4)[C@@]3(C)CCC2[C@@]2(C)CCCC[C@@H]12. The predicted octanol–water partition coefficient (Wildman–Crippen LogP) is 6.69. The van der Waals surface area contributed by atoms with Gasteiger partial charge in [-0.1, -0.05) is 47.0 Å². The number of fused-ring (bicyclic) bond motifs is 5. The Kier molecular flexibility index (Phi) is 8.14. The van der Waals surface area contributed by atoms with Crippen LogP contribution in [0.25, 0.3) is 0 Å². The van der Waals surface area contributed by atoms with E-state index in [0.29, 0.717) is 29.1 Å². The third-order valence-corrected chi connectivity index (χ3v) is 13.7. The van der Waals surface area contributed by atoms with Crippen LogP contribution in [0.15, 0.2) is 23.2 Å². The minimum Gasteiger partial charge on any atom is -0.477 e. The minimum absolute atomic E-state index is 0.155. The van der Waals surface area contributed by atoms with E-state index in [-0.39, 0.29) is 17.0 Å². The molecular weight excluding hydrogens is 524 g/mol. The molecule has 40 heavy (non-hydrogen) atoms. The molecule has 222 valence electrons. The summed E-state index contributed by atoms with van der Waals surface area (Å²) < 4.78 is 27.5. The second kappa shape index (κ2) is 11.0. The first-order chi connectivity index (χ1) is 18.9. The highest BCUT2D eigenvalue weighted by Crippen LogP contribution is 2.69. The molecule has 8 heteroatoms. The lowest BCUT2D eigenvalue weighted by atomic mass is 9.42. The lowest BCUT2D eigenvalue weighted by Gasteiger charge is -2.63. The Morgan fingerprint density at radius 2 is 1.80 bits per heavy atom. The Hall–Kier alpha value is -1.96. The quantitative estimate of drug-likeness (QED) is 0.359. The van der Waals surface area contributed by atoms with Gasteiger partial charge in [0.2, 0.25) is 5.91 Å². The van der Waals surface area contributed by atoms with Crippen molar-refractivity contribution < 1.29 is 23.1 Å². The molecule has 4 fully saturated rings. The Labute approximate surface area is 240 Å². The van der Waals surface area contributed by atoms with Crippen LogP contribution in [0.5, 0.6) is 0 Å². The minimum atomic E-state index is -4.09. The van der Waals surface area contributed by atoms with Gasteiger partial charge in [0.15, 0.2) is 0 Å². The first-order valence-electron chi connectivity index (χ1n) is 15.7. The molecule has 7 nitrogen and oxygen atoms in total. The monoisotopic (exact) mass is 572 g/mol. The van der Waals surface area contributed by atoms with Crippen molar-refractivity contribution in [3.8, 4) is 0 Å². The maximum atomic E-state index is 12.7. The average Bonchev–Trinajstić information content (AvgIpc) is 3.28. The van der Waals surface area contributed by atoms with Crippen molar-refractivity contribution in [3.63, 3.8) is 0 Å². The van der Waals surface area contributed by atoms with Gasteiger partial charge in [0.05, 0.1) is 0 Å². The number of nitrogens with zero attached hydrogens (tertiary/aromatic N) is 1. The van der Waals surface area contributed by atoms with Crippen molar-refractivity contribution in [1.29, 1.82) is 0 Å². The highest BCUT2D eigenvalue weighted by molar-refractivity contribution is 7.90. The van der Waals surface area contributed by atoms with E-state index in [2.05, 4.69) is 37.4 Å². The Morgan fingerprint density at radius 1 is 1.05 bits per heavy atom. The molecule has 4 saturated carbocycles. The topological polar surface area (TPSA) is 113 Å². The first-order valence-corrected chi connectivity index (χ1v) is 17.1. The molecule has 1 amide bonds. The average molecular weight is 573 g/mol. The summed E-state index contributed by atoms with van der Waals surface area (Å²) >= 11 is 0. The highest BCUT2D eigenvalue weighted by Gasteiger charge is 2.61. The van der Waals surface area contributed by atoms with E-state index in [1.807, 2.05) is 0 Å². The number of carboxylic acid groups (broad SMARTS) is 1. The number of hydrogen-bond acceptors (Lipinski definition) is 5. The van der Waals surface area contributed by atoms with Gasteiger partial charge in [-0.15, -0.1) is 0 Å². The number of sulfonamides is 1. The third-order valence-electron chi connectivity index (χ3n) is 12.4. The van der Waals surface area contributed by atoms with Crippen LogP contribution in [0.3, 0.4) is 0 Å². The number of amides is 1. The Bertz CT molecular complexity index is 1220. The molecule has 4 aliphatic rings. The normalized spacial score (nSPS) is 38.0. The van der Waals surface area contributed by atoms with E-state index in [1.54, 1.807) is 0 Å². The number of pyridine rings is 1. The van der Waals surface area contributed by atoms with Crippen LogP contribution in [0.4, 0.5) is 0 Å². The van der Waals surface area contributed by atoms with Crippen LogP contribution in [-0.4, -0.2) is 30.4 Å². The second-order valence-electron chi connectivity index (χ2n) is 14.1. The molecule has 1 aromatic heterocycles. The smallest absolute Gasteiger partial charge is 0.354 e. The molecule has 0 aromatic carbocycles. The van der Waals surface area contributed by atoms with E-state index in [0.717, 1.165) is 47.9 Å². The van der Waals surface area contributed by atoms with Crippen molar-refractivity contribution >= 4 is 21.9 Å². The lowest BCUT2D eigenvalue weighted by molar-refractivity contribution is -0.138. The number of nitrogens with one attached hydrogen (secondary N) is 1. The van der Waals surface area contributed by atoms with Gasteiger partial charge < -0.3 is 5.11 Å². The summed E-state index contributed by atoms with van der Waals surface area (Å²) in [7, 11) is -4.09. The molecule has 0 spiro atoms. The van der Waals surface area contributed by atoms with Gasteiger partial charge in [0.1, 0.15) is 10.6 Å². The summed E-state index contributed by atoms with van der Waals surface area (Å²) in [6, 6.07) is 2.29. The van der Waals surface area contributed by atoms with Crippen LogP contribution < -0.4 is 4.72 Å². The van der Waals surface area contributed by atoms with Gasteiger partial charge in [0, 0.05) is 12.6 Å². The van der Waals surface area contributed by atoms with Crippen LogP contribution in [0, 0.1) is 52.3 Å². The van der Waals surface area contributed by atoms with Crippen LogP contribution >= 0.6 is 0 Å². The van der Waals surface area contributed by atoms with Gasteiger partial charge in [0.25, 0.3) is 10.0 Å². The largest absolute Gasteiger partial charge is 0.477 e. The molecule has 3 unspecified atom stereocenters. The number of hydrogen-bond donors (Lipinski definition) is 2. The number of rotatable bonds is 8. The van der Waals surface area contributed by atoms with E-state index in [4.69, 9.17) is 5.11 Å². The van der Waals surface area contributed by atoms with Gasteiger partial charge in [-0.3, -0.25) is 4.79 Å². The summed E-state index contributed by atoms with van der Waals surface area (Å²) in [5, 5.41) is 8.98. The lowest BCUT2D eigenvalue weighted by Crippen LogP contribution is -2.55. The molecule has 1 aromatic rings. The zero-order valence-corrected chi connectivity index (χ0v) is 25.5.